The lowest BCUT2D eigenvalue weighted by Crippen LogP contribution is -2.63. The molecule has 0 bridgehead atoms. The Morgan fingerprint density at radius 2 is 1.74 bits per heavy atom. The molecule has 1 saturated heterocycles. The third-order valence-electron chi connectivity index (χ3n) is 11.0. The van der Waals surface area contributed by atoms with Crippen molar-refractivity contribution in [1.82, 2.24) is 30.7 Å². The Kier molecular flexibility index (Phi) is 16.9. The molecule has 1 aliphatic rings. The number of hydrogen-bond acceptors (Lipinski definition) is 9. The smallest absolute Gasteiger partial charge is 0.319 e. The van der Waals surface area contributed by atoms with E-state index in [0.717, 1.165) is 17.0 Å². The maximum Gasteiger partial charge on any atom is 0.319 e. The van der Waals surface area contributed by atoms with E-state index in [9.17, 15) is 19.2 Å². The van der Waals surface area contributed by atoms with Gasteiger partial charge in [0.25, 0.3) is 0 Å². The number of amides is 4. The van der Waals surface area contributed by atoms with E-state index in [1.165, 1.54) is 7.11 Å². The van der Waals surface area contributed by atoms with E-state index < -0.39 is 35.9 Å². The molecule has 3 N–H and O–H groups in total. The number of aromatic nitrogens is 1. The highest BCUT2D eigenvalue weighted by Gasteiger charge is 2.43. The summed E-state index contributed by atoms with van der Waals surface area (Å²) in [6.07, 6.45) is 3.60. The molecule has 1 aromatic carbocycles. The fraction of sp³-hybridized carbons (Fsp3) is 0.675. The fourth-order valence-electron chi connectivity index (χ4n) is 7.20. The summed E-state index contributed by atoms with van der Waals surface area (Å²) >= 11 is 1.56. The normalized spacial score (nSPS) is 18.8. The lowest BCUT2D eigenvalue weighted by Gasteiger charge is -2.41. The SMILES string of the molecule is CC[C@H](C)[C@@H]([C@@H](NC(=O)N1CCC[C@H]1[C@H](OC)[C@@H](C)C(=O)C[C@@H](Cc1ccccc1)c1nccs1)OC)N(C)C(=O)[C@@H](NC(=O)C(C)(C)NC)C(C)C. The Hall–Kier alpha value is -3.39. The Morgan fingerprint density at radius 3 is 2.28 bits per heavy atom. The first-order valence-electron chi connectivity index (χ1n) is 19.0. The van der Waals surface area contributed by atoms with Crippen molar-refractivity contribution in [3.05, 3.63) is 52.5 Å². The molecule has 3 rings (SSSR count). The number of carbonyl (C=O) groups excluding carboxylic acids is 4. The van der Waals surface area contributed by atoms with Gasteiger partial charge in [-0.15, -0.1) is 11.3 Å². The number of ether oxygens (including phenoxy) is 2. The molecule has 2 heterocycles. The molecule has 0 spiro atoms. The van der Waals surface area contributed by atoms with E-state index in [1.54, 1.807) is 62.4 Å². The van der Waals surface area contributed by atoms with Crippen molar-refractivity contribution in [2.45, 2.75) is 122 Å². The highest BCUT2D eigenvalue weighted by molar-refractivity contribution is 7.09. The number of likely N-dealkylation sites (N-methyl/N-ethyl adjacent to an activating group) is 2. The zero-order chi connectivity index (χ0) is 39.5. The van der Waals surface area contributed by atoms with Gasteiger partial charge in [-0.05, 0) is 57.6 Å². The zero-order valence-electron chi connectivity index (χ0n) is 33.7. The van der Waals surface area contributed by atoms with Crippen molar-refractivity contribution in [2.24, 2.45) is 17.8 Å². The van der Waals surface area contributed by atoms with Gasteiger partial charge in [0.1, 0.15) is 11.8 Å². The van der Waals surface area contributed by atoms with Gasteiger partial charge in [0, 0.05) is 57.6 Å². The van der Waals surface area contributed by atoms with E-state index in [1.807, 2.05) is 58.2 Å². The van der Waals surface area contributed by atoms with Gasteiger partial charge in [-0.1, -0.05) is 71.4 Å². The molecule has 0 saturated carbocycles. The lowest BCUT2D eigenvalue weighted by atomic mass is 9.86. The molecule has 0 radical (unpaired) electrons. The molecule has 53 heavy (non-hydrogen) atoms. The largest absolute Gasteiger partial charge is 0.379 e. The van der Waals surface area contributed by atoms with E-state index in [0.29, 0.717) is 32.2 Å². The average Bonchev–Trinajstić information content (AvgIpc) is 3.87. The van der Waals surface area contributed by atoms with Crippen LogP contribution >= 0.6 is 11.3 Å². The van der Waals surface area contributed by atoms with E-state index in [2.05, 4.69) is 33.1 Å². The lowest BCUT2D eigenvalue weighted by molar-refractivity contribution is -0.143. The predicted molar refractivity (Wildman–Crippen MR) is 210 cm³/mol. The Morgan fingerprint density at radius 1 is 1.06 bits per heavy atom. The van der Waals surface area contributed by atoms with Crippen molar-refractivity contribution in [1.29, 1.82) is 0 Å². The number of hydrogen-bond donors (Lipinski definition) is 3. The summed E-state index contributed by atoms with van der Waals surface area (Å²) in [5.41, 5.74) is 0.276. The summed E-state index contributed by atoms with van der Waals surface area (Å²) in [6, 6.07) is 8.13. The second-order valence-electron chi connectivity index (χ2n) is 15.3. The molecule has 1 aliphatic heterocycles. The van der Waals surface area contributed by atoms with Crippen LogP contribution in [0.5, 0.6) is 0 Å². The number of likely N-dealkylation sites (tertiary alicyclic amines) is 1. The van der Waals surface area contributed by atoms with E-state index in [-0.39, 0.29) is 47.4 Å². The maximum absolute atomic E-state index is 14.1. The number of rotatable bonds is 20. The first kappa shape index (κ1) is 44.0. The monoisotopic (exact) mass is 756 g/mol. The van der Waals surface area contributed by atoms with Crippen LogP contribution in [-0.4, -0.2) is 109 Å². The number of nitrogens with zero attached hydrogens (tertiary/aromatic N) is 3. The summed E-state index contributed by atoms with van der Waals surface area (Å²) in [6.45, 7) is 13.7. The Labute approximate surface area is 321 Å². The number of Topliss-reactive ketones (excluding diaryl/α,β-unsaturated/α-hetero) is 1. The predicted octanol–water partition coefficient (Wildman–Crippen LogP) is 5.24. The third-order valence-corrected chi connectivity index (χ3v) is 12.0. The number of ketones is 1. The zero-order valence-corrected chi connectivity index (χ0v) is 34.5. The standard InChI is InChI=1S/C40H64N6O6S/c1-12-26(4)33(45(9)37(48)32(25(2)3)43-38(49)40(6,7)41-8)35(52-11)44-39(50)46-21-16-19-30(46)34(51-10)27(5)31(47)24-29(36-42-20-22-53-36)23-28-17-14-13-15-18-28/h13-15,17-18,20,22,25-27,29-30,32-35,41H,12,16,19,21,23-24H2,1-11H3,(H,43,49)(H,44,50)/t26-,27-,29+,30-,32-,33-,34+,35-/m0/s1. The van der Waals surface area contributed by atoms with Gasteiger partial charge in [-0.2, -0.15) is 0 Å². The van der Waals surface area contributed by atoms with Crippen LogP contribution in [0.25, 0.3) is 0 Å². The fourth-order valence-corrected chi connectivity index (χ4v) is 7.94. The quantitative estimate of drug-likeness (QED) is 0.156. The molecular weight excluding hydrogens is 693 g/mol. The molecule has 4 amide bonds. The second kappa shape index (κ2) is 20.3. The topological polar surface area (TPSA) is 142 Å². The molecule has 0 aliphatic carbocycles. The van der Waals surface area contributed by atoms with Crippen molar-refractivity contribution in [3.63, 3.8) is 0 Å². The van der Waals surface area contributed by atoms with Crippen LogP contribution in [0, 0.1) is 17.8 Å². The number of carbonyl (C=O) groups is 4. The van der Waals surface area contributed by atoms with Gasteiger partial charge in [0.05, 0.1) is 28.7 Å². The molecule has 13 heteroatoms. The molecule has 8 atom stereocenters. The number of methoxy groups -OCH3 is 2. The highest BCUT2D eigenvalue weighted by Crippen LogP contribution is 2.32. The van der Waals surface area contributed by atoms with Crippen LogP contribution in [0.1, 0.15) is 90.6 Å². The number of nitrogens with one attached hydrogen (secondary N) is 3. The highest BCUT2D eigenvalue weighted by atomic mass is 32.1. The van der Waals surface area contributed by atoms with Gasteiger partial charge >= 0.3 is 6.03 Å². The Balaban J connectivity index is 1.78. The van der Waals surface area contributed by atoms with Crippen LogP contribution in [0.3, 0.4) is 0 Å². The van der Waals surface area contributed by atoms with Crippen LogP contribution in [0.15, 0.2) is 41.9 Å². The van der Waals surface area contributed by atoms with Crippen LogP contribution in [0.4, 0.5) is 4.79 Å². The van der Waals surface area contributed by atoms with Gasteiger partial charge in [-0.3, -0.25) is 14.4 Å². The molecule has 1 aromatic heterocycles. The molecule has 12 nitrogen and oxygen atoms in total. The maximum atomic E-state index is 14.1. The third kappa shape index (κ3) is 11.3. The van der Waals surface area contributed by atoms with Gasteiger partial charge in [0.15, 0.2) is 6.23 Å². The summed E-state index contributed by atoms with van der Waals surface area (Å²) in [4.78, 5) is 63.2. The second-order valence-corrected chi connectivity index (χ2v) is 16.2. The van der Waals surface area contributed by atoms with Crippen molar-refractivity contribution < 1.29 is 28.7 Å². The Bertz CT molecular complexity index is 1460. The molecule has 2 aromatic rings. The number of benzene rings is 1. The minimum absolute atomic E-state index is 0.0631. The first-order valence-corrected chi connectivity index (χ1v) is 19.8. The van der Waals surface area contributed by atoms with E-state index in [4.69, 9.17) is 9.47 Å². The van der Waals surface area contributed by atoms with Gasteiger partial charge in [-0.25, -0.2) is 9.78 Å². The molecular formula is C40H64N6O6S. The van der Waals surface area contributed by atoms with Crippen LogP contribution in [-0.2, 0) is 30.3 Å². The summed E-state index contributed by atoms with van der Waals surface area (Å²) < 4.78 is 12.0. The van der Waals surface area contributed by atoms with Crippen LogP contribution < -0.4 is 16.0 Å². The van der Waals surface area contributed by atoms with Crippen molar-refractivity contribution in [3.8, 4) is 0 Å². The van der Waals surface area contributed by atoms with Gasteiger partial charge in [0.2, 0.25) is 11.8 Å². The minimum atomic E-state index is -0.870. The summed E-state index contributed by atoms with van der Waals surface area (Å²) in [5, 5.41) is 11.9. The average molecular weight is 757 g/mol. The molecule has 0 unspecified atom stereocenters. The van der Waals surface area contributed by atoms with Crippen molar-refractivity contribution >= 4 is 35.0 Å². The van der Waals surface area contributed by atoms with Gasteiger partial charge < -0.3 is 35.2 Å². The number of thiazole rings is 1. The number of urea groups is 1. The van der Waals surface area contributed by atoms with Crippen LogP contribution in [0.2, 0.25) is 0 Å². The minimum Gasteiger partial charge on any atom is -0.379 e. The summed E-state index contributed by atoms with van der Waals surface area (Å²) in [5.74, 6) is -1.27. The molecule has 296 valence electrons. The van der Waals surface area contributed by atoms with Crippen molar-refractivity contribution in [2.75, 3.05) is 34.9 Å². The summed E-state index contributed by atoms with van der Waals surface area (Å²) in [7, 11) is 6.52. The first-order chi connectivity index (χ1) is 25.1. The van der Waals surface area contributed by atoms with E-state index >= 15 is 0 Å². The molecule has 1 fully saturated rings.